The highest BCUT2D eigenvalue weighted by atomic mass is 15.3. The van der Waals surface area contributed by atoms with Crippen LogP contribution < -0.4 is 9.13 Å². The molecule has 31 heavy (non-hydrogen) atoms. The summed E-state index contributed by atoms with van der Waals surface area (Å²) in [5.41, 5.74) is 2.56. The molecule has 3 aromatic heterocycles. The van der Waals surface area contributed by atoms with E-state index in [2.05, 4.69) is 119 Å². The van der Waals surface area contributed by atoms with Crippen molar-refractivity contribution in [1.82, 2.24) is 24.3 Å². The molecule has 0 unspecified atom stereocenters. The van der Waals surface area contributed by atoms with Gasteiger partial charge in [-0.1, -0.05) is 60.7 Å². The molecule has 0 saturated carbocycles. The van der Waals surface area contributed by atoms with Gasteiger partial charge in [-0.15, -0.1) is 0 Å². The molecule has 7 heteroatoms. The summed E-state index contributed by atoms with van der Waals surface area (Å²) in [4.78, 5) is 4.66. The minimum Gasteiger partial charge on any atom is -0.260 e. The zero-order valence-corrected chi connectivity index (χ0v) is 17.2. The van der Waals surface area contributed by atoms with E-state index in [1.54, 1.807) is 0 Å². The number of H-pyrrole nitrogens is 1. The predicted molar refractivity (Wildman–Crippen MR) is 115 cm³/mol. The number of hydrogen-bond donors (Lipinski definition) is 1. The van der Waals surface area contributed by atoms with Crippen LogP contribution in [0, 0.1) is 0 Å². The summed E-state index contributed by atoms with van der Waals surface area (Å²) in [5, 5.41) is 7.46. The van der Waals surface area contributed by atoms with Gasteiger partial charge in [0.05, 0.1) is 0 Å². The maximum Gasteiger partial charge on any atom is 0.244 e. The molecule has 0 aliphatic carbocycles. The van der Waals surface area contributed by atoms with E-state index >= 15 is 0 Å². The molecule has 0 atom stereocenters. The Bertz CT molecular complexity index is 1140. The van der Waals surface area contributed by atoms with Crippen molar-refractivity contribution in [3.8, 4) is 0 Å². The van der Waals surface area contributed by atoms with Crippen LogP contribution in [0.5, 0.6) is 0 Å². The number of aromatic amines is 1. The SMILES string of the molecule is c1ccc(C[n+]2ccn(Cc3n[nH]c(Cn4cc[n+](Cc5ccccc5)c4)n3)c2)cc1. The first-order valence-corrected chi connectivity index (χ1v) is 10.4. The fourth-order valence-corrected chi connectivity index (χ4v) is 3.65. The Labute approximate surface area is 180 Å². The summed E-state index contributed by atoms with van der Waals surface area (Å²) in [6.07, 6.45) is 12.4. The molecule has 2 aromatic carbocycles. The van der Waals surface area contributed by atoms with E-state index in [1.165, 1.54) is 11.1 Å². The van der Waals surface area contributed by atoms with Gasteiger partial charge in [-0.3, -0.25) is 5.10 Å². The summed E-state index contributed by atoms with van der Waals surface area (Å²) in [6.45, 7) is 3.00. The first-order valence-electron chi connectivity index (χ1n) is 10.4. The molecule has 3 heterocycles. The van der Waals surface area contributed by atoms with Crippen LogP contribution in [0.4, 0.5) is 0 Å². The molecule has 0 aliphatic heterocycles. The van der Waals surface area contributed by atoms with Gasteiger partial charge in [-0.25, -0.2) is 23.3 Å². The van der Waals surface area contributed by atoms with Crippen molar-refractivity contribution in [1.29, 1.82) is 0 Å². The Balaban J connectivity index is 1.18. The smallest absolute Gasteiger partial charge is 0.244 e. The first-order chi connectivity index (χ1) is 15.3. The summed E-state index contributed by atoms with van der Waals surface area (Å²) in [5.74, 6) is 1.63. The molecule has 0 bridgehead atoms. The van der Waals surface area contributed by atoms with Gasteiger partial charge >= 0.3 is 0 Å². The molecule has 154 valence electrons. The van der Waals surface area contributed by atoms with Crippen LogP contribution >= 0.6 is 0 Å². The summed E-state index contributed by atoms with van der Waals surface area (Å²) in [6, 6.07) is 20.9. The maximum absolute atomic E-state index is 4.66. The van der Waals surface area contributed by atoms with E-state index in [-0.39, 0.29) is 0 Å². The highest BCUT2D eigenvalue weighted by molar-refractivity contribution is 5.13. The van der Waals surface area contributed by atoms with Crippen LogP contribution in [-0.4, -0.2) is 24.3 Å². The fraction of sp³-hybridized carbons (Fsp3) is 0.167. The predicted octanol–water partition coefficient (Wildman–Crippen LogP) is 2.18. The fourth-order valence-electron chi connectivity index (χ4n) is 3.65. The van der Waals surface area contributed by atoms with Crippen LogP contribution in [0.1, 0.15) is 22.8 Å². The molecule has 0 amide bonds. The lowest BCUT2D eigenvalue weighted by Crippen LogP contribution is -2.31. The summed E-state index contributed by atoms with van der Waals surface area (Å²) in [7, 11) is 0. The standard InChI is InChI=1S/C24H25N7/c1-3-7-21(8-4-1)15-28-11-13-30(19-28)17-23-25-24(27-26-23)18-31-14-12-29(20-31)16-22-9-5-2-6-10-22/h1-14,19-20H,15-18H2,(H,25,26,27)/q+2. The Hall–Kier alpha value is -4.00. The van der Waals surface area contributed by atoms with E-state index in [1.807, 2.05) is 12.1 Å². The van der Waals surface area contributed by atoms with Crippen LogP contribution in [0.25, 0.3) is 0 Å². The lowest BCUT2D eigenvalue weighted by molar-refractivity contribution is -0.688. The Morgan fingerprint density at radius 1 is 0.710 bits per heavy atom. The van der Waals surface area contributed by atoms with Crippen molar-refractivity contribution < 1.29 is 9.13 Å². The molecule has 5 rings (SSSR count). The van der Waals surface area contributed by atoms with Crippen molar-refractivity contribution in [3.63, 3.8) is 0 Å². The molecular formula is C24H25N7+2. The number of rotatable bonds is 8. The number of hydrogen-bond acceptors (Lipinski definition) is 2. The van der Waals surface area contributed by atoms with Crippen molar-refractivity contribution >= 4 is 0 Å². The topological polar surface area (TPSA) is 59.2 Å². The number of imidazole rings is 2. The zero-order valence-electron chi connectivity index (χ0n) is 17.2. The zero-order chi connectivity index (χ0) is 20.9. The monoisotopic (exact) mass is 411 g/mol. The largest absolute Gasteiger partial charge is 0.260 e. The Morgan fingerprint density at radius 2 is 1.26 bits per heavy atom. The maximum atomic E-state index is 4.66. The van der Waals surface area contributed by atoms with E-state index in [0.717, 1.165) is 24.7 Å². The minimum absolute atomic E-state index is 0.637. The van der Waals surface area contributed by atoms with Crippen molar-refractivity contribution in [3.05, 3.63) is 121 Å². The molecule has 0 spiro atoms. The molecule has 0 radical (unpaired) electrons. The molecule has 5 aromatic rings. The highest BCUT2D eigenvalue weighted by Gasteiger charge is 2.12. The van der Waals surface area contributed by atoms with Crippen LogP contribution in [0.3, 0.4) is 0 Å². The van der Waals surface area contributed by atoms with Gasteiger partial charge in [0.15, 0.2) is 18.2 Å². The van der Waals surface area contributed by atoms with Gasteiger partial charge in [0.25, 0.3) is 0 Å². The van der Waals surface area contributed by atoms with Gasteiger partial charge < -0.3 is 0 Å². The Morgan fingerprint density at radius 3 is 1.84 bits per heavy atom. The van der Waals surface area contributed by atoms with Crippen molar-refractivity contribution in [2.24, 2.45) is 0 Å². The Kier molecular flexibility index (Phi) is 5.38. The normalized spacial score (nSPS) is 11.1. The quantitative estimate of drug-likeness (QED) is 0.398. The molecule has 1 N–H and O–H groups in total. The van der Waals surface area contributed by atoms with E-state index in [9.17, 15) is 0 Å². The van der Waals surface area contributed by atoms with Crippen molar-refractivity contribution in [2.75, 3.05) is 0 Å². The average molecular weight is 412 g/mol. The highest BCUT2D eigenvalue weighted by Crippen LogP contribution is 2.02. The van der Waals surface area contributed by atoms with Crippen LogP contribution in [0.2, 0.25) is 0 Å². The van der Waals surface area contributed by atoms with Gasteiger partial charge in [0, 0.05) is 0 Å². The van der Waals surface area contributed by atoms with Crippen molar-refractivity contribution in [2.45, 2.75) is 26.2 Å². The van der Waals surface area contributed by atoms with Gasteiger partial charge in [0.1, 0.15) is 44.4 Å². The molecule has 0 fully saturated rings. The second-order valence-corrected chi connectivity index (χ2v) is 7.69. The third kappa shape index (κ3) is 4.95. The van der Waals surface area contributed by atoms with Crippen LogP contribution in [-0.2, 0) is 26.2 Å². The second-order valence-electron chi connectivity index (χ2n) is 7.69. The second kappa shape index (κ2) is 8.79. The lowest BCUT2D eigenvalue weighted by atomic mass is 10.2. The first kappa shape index (κ1) is 19.0. The number of nitrogens with one attached hydrogen (secondary N) is 1. The number of nitrogens with zero attached hydrogens (tertiary/aromatic N) is 6. The molecular weight excluding hydrogens is 386 g/mol. The van der Waals surface area contributed by atoms with Gasteiger partial charge in [-0.05, 0) is 11.1 Å². The third-order valence-electron chi connectivity index (χ3n) is 5.14. The number of aromatic nitrogens is 7. The number of benzene rings is 2. The van der Waals surface area contributed by atoms with Crippen LogP contribution in [0.15, 0.2) is 98.1 Å². The minimum atomic E-state index is 0.637. The lowest BCUT2D eigenvalue weighted by Gasteiger charge is -1.96. The average Bonchev–Trinajstić information content (AvgIpc) is 3.53. The van der Waals surface area contributed by atoms with E-state index in [4.69, 9.17) is 0 Å². The van der Waals surface area contributed by atoms with E-state index < -0.39 is 0 Å². The summed E-state index contributed by atoms with van der Waals surface area (Å²) >= 11 is 0. The molecule has 7 nitrogen and oxygen atoms in total. The van der Waals surface area contributed by atoms with E-state index in [0.29, 0.717) is 13.1 Å². The third-order valence-corrected chi connectivity index (χ3v) is 5.14. The van der Waals surface area contributed by atoms with Gasteiger partial charge in [0.2, 0.25) is 12.7 Å². The molecule has 0 saturated heterocycles. The van der Waals surface area contributed by atoms with Gasteiger partial charge in [-0.2, -0.15) is 5.10 Å². The molecule has 0 aliphatic rings. The summed E-state index contributed by atoms with van der Waals surface area (Å²) < 4.78 is 8.53.